The van der Waals surface area contributed by atoms with Crippen molar-refractivity contribution in [3.63, 3.8) is 0 Å². The molecular weight excluding hydrogens is 369 g/mol. The van der Waals surface area contributed by atoms with Crippen molar-refractivity contribution >= 4 is 34.8 Å². The third kappa shape index (κ3) is 5.20. The number of nitrogens with one attached hydrogen (secondary N) is 3. The molecule has 0 saturated heterocycles. The fourth-order valence-electron chi connectivity index (χ4n) is 3.13. The van der Waals surface area contributed by atoms with Gasteiger partial charge in [0.1, 0.15) is 5.82 Å². The van der Waals surface area contributed by atoms with Gasteiger partial charge in [0.05, 0.1) is 28.5 Å². The van der Waals surface area contributed by atoms with E-state index in [2.05, 4.69) is 16.0 Å². The summed E-state index contributed by atoms with van der Waals surface area (Å²) in [5.74, 6) is -0.971. The molecule has 0 aliphatic heterocycles. The van der Waals surface area contributed by atoms with E-state index in [0.717, 1.165) is 25.7 Å². The Bertz CT molecular complexity index is 838. The smallest absolute Gasteiger partial charge is 0.253 e. The predicted octanol–water partition coefficient (Wildman–Crippen LogP) is 4.20. The third-order valence-corrected chi connectivity index (χ3v) is 4.82. The first-order valence-electron chi connectivity index (χ1n) is 8.91. The predicted molar refractivity (Wildman–Crippen MR) is 105 cm³/mol. The normalized spacial score (nSPS) is 14.0. The van der Waals surface area contributed by atoms with Gasteiger partial charge in [0.2, 0.25) is 5.91 Å². The minimum absolute atomic E-state index is 0.0655. The zero-order chi connectivity index (χ0) is 19.2. The molecule has 0 radical (unpaired) electrons. The highest BCUT2D eigenvalue weighted by molar-refractivity contribution is 6.33. The van der Waals surface area contributed by atoms with Crippen LogP contribution >= 0.6 is 11.6 Å². The van der Waals surface area contributed by atoms with Crippen molar-refractivity contribution in [3.8, 4) is 0 Å². The van der Waals surface area contributed by atoms with Gasteiger partial charge < -0.3 is 16.0 Å². The number of anilines is 2. The van der Waals surface area contributed by atoms with Crippen molar-refractivity contribution in [1.82, 2.24) is 5.32 Å². The number of amides is 2. The van der Waals surface area contributed by atoms with Gasteiger partial charge in [0.15, 0.2) is 0 Å². The number of hydrogen-bond donors (Lipinski definition) is 3. The number of carbonyl (C=O) groups is 2. The minimum atomic E-state index is -0.447. The molecular formula is C20H21ClFN3O2. The average molecular weight is 390 g/mol. The van der Waals surface area contributed by atoms with Gasteiger partial charge in [-0.3, -0.25) is 9.59 Å². The van der Waals surface area contributed by atoms with Crippen molar-refractivity contribution in [2.75, 3.05) is 17.2 Å². The van der Waals surface area contributed by atoms with Crippen LogP contribution in [-0.4, -0.2) is 24.4 Å². The van der Waals surface area contributed by atoms with Gasteiger partial charge in [-0.1, -0.05) is 36.6 Å². The molecule has 1 aliphatic carbocycles. The monoisotopic (exact) mass is 389 g/mol. The summed E-state index contributed by atoms with van der Waals surface area (Å²) in [6.07, 6.45) is 4.23. The highest BCUT2D eigenvalue weighted by Crippen LogP contribution is 2.23. The second kappa shape index (κ2) is 8.86. The molecule has 3 rings (SSSR count). The molecule has 5 nitrogen and oxygen atoms in total. The van der Waals surface area contributed by atoms with Crippen LogP contribution < -0.4 is 16.0 Å². The summed E-state index contributed by atoms with van der Waals surface area (Å²) in [6.45, 7) is -0.0655. The Morgan fingerprint density at radius 1 is 1.07 bits per heavy atom. The lowest BCUT2D eigenvalue weighted by Crippen LogP contribution is -2.33. The molecule has 0 spiro atoms. The van der Waals surface area contributed by atoms with Crippen LogP contribution in [0.1, 0.15) is 36.0 Å². The van der Waals surface area contributed by atoms with Crippen LogP contribution in [0.15, 0.2) is 42.5 Å². The van der Waals surface area contributed by atoms with Gasteiger partial charge in [-0.15, -0.1) is 0 Å². The molecule has 0 unspecified atom stereocenters. The Morgan fingerprint density at radius 3 is 2.56 bits per heavy atom. The Morgan fingerprint density at radius 2 is 1.81 bits per heavy atom. The number of rotatable bonds is 6. The molecule has 3 N–H and O–H groups in total. The summed E-state index contributed by atoms with van der Waals surface area (Å²) in [7, 11) is 0. The number of hydrogen-bond acceptors (Lipinski definition) is 3. The molecule has 0 atom stereocenters. The fourth-order valence-corrected chi connectivity index (χ4v) is 3.36. The quantitative estimate of drug-likeness (QED) is 0.693. The Kier molecular flexibility index (Phi) is 6.29. The van der Waals surface area contributed by atoms with E-state index < -0.39 is 5.82 Å². The molecule has 1 aliphatic rings. The van der Waals surface area contributed by atoms with Crippen LogP contribution in [0.5, 0.6) is 0 Å². The lowest BCUT2D eigenvalue weighted by Gasteiger charge is -2.15. The highest BCUT2D eigenvalue weighted by atomic mass is 35.5. The minimum Gasteiger partial charge on any atom is -0.375 e. The topological polar surface area (TPSA) is 70.2 Å². The number of benzene rings is 2. The van der Waals surface area contributed by atoms with Gasteiger partial charge in [0.25, 0.3) is 5.91 Å². The Labute approximate surface area is 162 Å². The van der Waals surface area contributed by atoms with Gasteiger partial charge in [-0.25, -0.2) is 4.39 Å². The SMILES string of the molecule is O=C(CNc1ccc(F)cc1Cl)Nc1ccccc1C(=O)NC1CCCC1. The first kappa shape index (κ1) is 19.2. The fraction of sp³-hybridized carbons (Fsp3) is 0.300. The van der Waals surface area contributed by atoms with Crippen molar-refractivity contribution in [1.29, 1.82) is 0 Å². The van der Waals surface area contributed by atoms with Gasteiger partial charge in [0, 0.05) is 6.04 Å². The Hall–Kier alpha value is -2.60. The molecule has 0 bridgehead atoms. The van der Waals surface area contributed by atoms with Crippen molar-refractivity contribution in [2.45, 2.75) is 31.7 Å². The largest absolute Gasteiger partial charge is 0.375 e. The zero-order valence-electron chi connectivity index (χ0n) is 14.7. The van der Waals surface area contributed by atoms with Crippen LogP contribution in [0.4, 0.5) is 15.8 Å². The van der Waals surface area contributed by atoms with Crippen LogP contribution in [-0.2, 0) is 4.79 Å². The van der Waals surface area contributed by atoms with E-state index in [-0.39, 0.29) is 29.4 Å². The third-order valence-electron chi connectivity index (χ3n) is 4.51. The van der Waals surface area contributed by atoms with E-state index in [1.165, 1.54) is 18.2 Å². The molecule has 7 heteroatoms. The number of carbonyl (C=O) groups excluding carboxylic acids is 2. The van der Waals surface area contributed by atoms with E-state index in [4.69, 9.17) is 11.6 Å². The maximum atomic E-state index is 13.1. The standard InChI is InChI=1S/C20H21ClFN3O2/c21-16-11-13(22)9-10-18(16)23-12-19(26)25-17-8-4-3-7-15(17)20(27)24-14-5-1-2-6-14/h3-4,7-11,14,23H,1-2,5-6,12H2,(H,24,27)(H,25,26). The average Bonchev–Trinajstić information content (AvgIpc) is 3.14. The first-order chi connectivity index (χ1) is 13.0. The van der Waals surface area contributed by atoms with E-state index in [9.17, 15) is 14.0 Å². The molecule has 1 saturated carbocycles. The van der Waals surface area contributed by atoms with E-state index in [1.807, 2.05) is 0 Å². The molecule has 2 amide bonds. The first-order valence-corrected chi connectivity index (χ1v) is 9.29. The van der Waals surface area contributed by atoms with Crippen molar-refractivity contribution < 1.29 is 14.0 Å². The maximum absolute atomic E-state index is 13.1. The summed E-state index contributed by atoms with van der Waals surface area (Å²) in [5.41, 5.74) is 1.34. The molecule has 27 heavy (non-hydrogen) atoms. The van der Waals surface area contributed by atoms with Crippen molar-refractivity contribution in [2.24, 2.45) is 0 Å². The van der Waals surface area contributed by atoms with E-state index in [1.54, 1.807) is 24.3 Å². The molecule has 142 valence electrons. The van der Waals surface area contributed by atoms with Crippen LogP contribution in [0.3, 0.4) is 0 Å². The highest BCUT2D eigenvalue weighted by Gasteiger charge is 2.20. The summed E-state index contributed by atoms with van der Waals surface area (Å²) < 4.78 is 13.1. The lowest BCUT2D eigenvalue weighted by molar-refractivity contribution is -0.114. The van der Waals surface area contributed by atoms with Gasteiger partial charge in [-0.2, -0.15) is 0 Å². The van der Waals surface area contributed by atoms with Gasteiger partial charge >= 0.3 is 0 Å². The molecule has 1 fully saturated rings. The molecule has 2 aromatic carbocycles. The summed E-state index contributed by atoms with van der Waals surface area (Å²) in [4.78, 5) is 24.8. The van der Waals surface area contributed by atoms with Crippen molar-refractivity contribution in [3.05, 3.63) is 58.9 Å². The summed E-state index contributed by atoms with van der Waals surface area (Å²) >= 11 is 5.93. The number of halogens is 2. The van der Waals surface area contributed by atoms with Crippen LogP contribution in [0, 0.1) is 5.82 Å². The zero-order valence-corrected chi connectivity index (χ0v) is 15.5. The van der Waals surface area contributed by atoms with E-state index >= 15 is 0 Å². The second-order valence-electron chi connectivity index (χ2n) is 6.53. The molecule has 0 aromatic heterocycles. The Balaban J connectivity index is 1.61. The summed E-state index contributed by atoms with van der Waals surface area (Å²) in [6, 6.07) is 11.0. The summed E-state index contributed by atoms with van der Waals surface area (Å²) in [5, 5.41) is 8.81. The van der Waals surface area contributed by atoms with Gasteiger partial charge in [-0.05, 0) is 43.2 Å². The molecule has 2 aromatic rings. The second-order valence-corrected chi connectivity index (χ2v) is 6.93. The maximum Gasteiger partial charge on any atom is 0.253 e. The molecule has 0 heterocycles. The number of para-hydroxylation sites is 1. The lowest BCUT2D eigenvalue weighted by atomic mass is 10.1. The van der Waals surface area contributed by atoms with Crippen LogP contribution in [0.2, 0.25) is 5.02 Å². The van der Waals surface area contributed by atoms with E-state index in [0.29, 0.717) is 16.9 Å². The van der Waals surface area contributed by atoms with Crippen LogP contribution in [0.25, 0.3) is 0 Å².